The number of nitrogens with zero attached hydrogens (tertiary/aromatic N) is 2. The van der Waals surface area contributed by atoms with Crippen molar-refractivity contribution in [3.8, 4) is 17.0 Å². The van der Waals surface area contributed by atoms with E-state index in [1.165, 1.54) is 0 Å². The number of fused-ring (bicyclic) bond motifs is 1. The van der Waals surface area contributed by atoms with Crippen molar-refractivity contribution in [1.29, 1.82) is 0 Å². The molecule has 0 radical (unpaired) electrons. The van der Waals surface area contributed by atoms with Crippen molar-refractivity contribution in [2.75, 3.05) is 5.75 Å². The van der Waals surface area contributed by atoms with Gasteiger partial charge in [0, 0.05) is 24.4 Å². The highest BCUT2D eigenvalue weighted by molar-refractivity contribution is 7.99. The Labute approximate surface area is 123 Å². The second-order valence-corrected chi connectivity index (χ2v) is 6.15. The zero-order chi connectivity index (χ0) is 14.1. The highest BCUT2D eigenvalue weighted by Crippen LogP contribution is 2.33. The fourth-order valence-corrected chi connectivity index (χ4v) is 3.40. The van der Waals surface area contributed by atoms with Gasteiger partial charge in [0.05, 0.1) is 17.5 Å². The smallest absolute Gasteiger partial charge is 0.168 e. The molecule has 3 rings (SSSR count). The van der Waals surface area contributed by atoms with E-state index in [0.29, 0.717) is 6.54 Å². The molecule has 0 fully saturated rings. The molecule has 2 heterocycles. The molecule has 0 unspecified atom stereocenters. The van der Waals surface area contributed by atoms with Crippen LogP contribution in [-0.2, 0) is 13.1 Å². The molecule has 106 valence electrons. The fourth-order valence-electron chi connectivity index (χ4n) is 2.43. The molecule has 4 nitrogen and oxygen atoms in total. The summed E-state index contributed by atoms with van der Waals surface area (Å²) in [6, 6.07) is 8.10. The van der Waals surface area contributed by atoms with Gasteiger partial charge in [-0.1, -0.05) is 11.8 Å². The van der Waals surface area contributed by atoms with E-state index < -0.39 is 0 Å². The number of imidazole rings is 1. The molecule has 2 N–H and O–H groups in total. The van der Waals surface area contributed by atoms with Gasteiger partial charge in [-0.2, -0.15) is 0 Å². The third-order valence-electron chi connectivity index (χ3n) is 3.28. The predicted molar refractivity (Wildman–Crippen MR) is 82.0 cm³/mol. The average Bonchev–Trinajstić information content (AvgIpc) is 2.98. The molecule has 1 aliphatic rings. The maximum atomic E-state index is 5.91. The summed E-state index contributed by atoms with van der Waals surface area (Å²) in [4.78, 5) is 4.73. The van der Waals surface area contributed by atoms with Crippen LogP contribution in [0.4, 0.5) is 0 Å². The van der Waals surface area contributed by atoms with Crippen LogP contribution in [0.15, 0.2) is 29.4 Å². The van der Waals surface area contributed by atoms with Crippen LogP contribution in [0.25, 0.3) is 11.3 Å². The lowest BCUT2D eigenvalue weighted by Gasteiger charge is -2.10. The quantitative estimate of drug-likeness (QED) is 0.940. The summed E-state index contributed by atoms with van der Waals surface area (Å²) < 4.78 is 7.90. The van der Waals surface area contributed by atoms with Crippen molar-refractivity contribution >= 4 is 11.8 Å². The van der Waals surface area contributed by atoms with Crippen LogP contribution in [0.2, 0.25) is 0 Å². The summed E-state index contributed by atoms with van der Waals surface area (Å²) in [5, 5.41) is 1.09. The van der Waals surface area contributed by atoms with Gasteiger partial charge in [0.2, 0.25) is 0 Å². The van der Waals surface area contributed by atoms with E-state index in [1.807, 2.05) is 26.0 Å². The summed E-state index contributed by atoms with van der Waals surface area (Å²) in [5.74, 6) is 1.98. The van der Waals surface area contributed by atoms with Crippen molar-refractivity contribution in [1.82, 2.24) is 9.55 Å². The summed E-state index contributed by atoms with van der Waals surface area (Å²) >= 11 is 1.80. The molecule has 0 saturated heterocycles. The monoisotopic (exact) mass is 289 g/mol. The van der Waals surface area contributed by atoms with Gasteiger partial charge in [-0.25, -0.2) is 4.98 Å². The van der Waals surface area contributed by atoms with Crippen molar-refractivity contribution in [3.63, 3.8) is 0 Å². The van der Waals surface area contributed by atoms with E-state index in [2.05, 4.69) is 16.7 Å². The maximum absolute atomic E-state index is 5.91. The van der Waals surface area contributed by atoms with Crippen LogP contribution >= 0.6 is 11.8 Å². The molecule has 20 heavy (non-hydrogen) atoms. The van der Waals surface area contributed by atoms with E-state index in [1.54, 1.807) is 11.8 Å². The topological polar surface area (TPSA) is 53.1 Å². The first-order chi connectivity index (χ1) is 9.69. The Morgan fingerprint density at radius 1 is 1.35 bits per heavy atom. The Kier molecular flexibility index (Phi) is 3.72. The van der Waals surface area contributed by atoms with Crippen LogP contribution in [-0.4, -0.2) is 21.4 Å². The van der Waals surface area contributed by atoms with E-state index in [-0.39, 0.29) is 6.10 Å². The van der Waals surface area contributed by atoms with Gasteiger partial charge < -0.3 is 15.0 Å². The van der Waals surface area contributed by atoms with Crippen molar-refractivity contribution in [2.24, 2.45) is 5.73 Å². The molecule has 0 spiro atoms. The Hall–Kier alpha value is -1.46. The molecule has 1 aromatic carbocycles. The number of hydrogen-bond acceptors (Lipinski definition) is 4. The Balaban J connectivity index is 1.93. The van der Waals surface area contributed by atoms with E-state index >= 15 is 0 Å². The standard InChI is InChI=1S/C15H19N3OS/c1-10(2)19-12-5-3-11(4-6-12)14-13(9-16)18-7-8-20-15(18)17-14/h3-6,10H,7-9,16H2,1-2H3. The molecule has 0 bridgehead atoms. The van der Waals surface area contributed by atoms with E-state index in [0.717, 1.165) is 40.2 Å². The van der Waals surface area contributed by atoms with Gasteiger partial charge in [-0.05, 0) is 38.1 Å². The molecule has 5 heteroatoms. The summed E-state index contributed by atoms with van der Waals surface area (Å²) in [5.41, 5.74) is 9.14. The van der Waals surface area contributed by atoms with Gasteiger partial charge in [0.15, 0.2) is 5.16 Å². The molecule has 1 aliphatic heterocycles. The largest absolute Gasteiger partial charge is 0.491 e. The molecule has 0 amide bonds. The van der Waals surface area contributed by atoms with E-state index in [4.69, 9.17) is 15.5 Å². The molecule has 0 saturated carbocycles. The van der Waals surface area contributed by atoms with Gasteiger partial charge in [-0.15, -0.1) is 0 Å². The average molecular weight is 289 g/mol. The normalized spacial score (nSPS) is 13.8. The third-order valence-corrected chi connectivity index (χ3v) is 4.23. The zero-order valence-electron chi connectivity index (χ0n) is 11.8. The lowest BCUT2D eigenvalue weighted by molar-refractivity contribution is 0.242. The first kappa shape index (κ1) is 13.5. The fraction of sp³-hybridized carbons (Fsp3) is 0.400. The highest BCUT2D eigenvalue weighted by atomic mass is 32.2. The van der Waals surface area contributed by atoms with Gasteiger partial charge in [-0.3, -0.25) is 0 Å². The molecule has 1 aromatic heterocycles. The second-order valence-electron chi connectivity index (χ2n) is 5.08. The Bertz CT molecular complexity index is 604. The number of thioether (sulfide) groups is 1. The minimum atomic E-state index is 0.188. The molecule has 0 aliphatic carbocycles. The molecular weight excluding hydrogens is 270 g/mol. The number of rotatable bonds is 4. The Morgan fingerprint density at radius 3 is 2.75 bits per heavy atom. The molecule has 2 aromatic rings. The number of nitrogens with two attached hydrogens (primary N) is 1. The van der Waals surface area contributed by atoms with Crippen LogP contribution in [0.5, 0.6) is 5.75 Å². The minimum Gasteiger partial charge on any atom is -0.491 e. The highest BCUT2D eigenvalue weighted by Gasteiger charge is 2.21. The zero-order valence-corrected chi connectivity index (χ0v) is 12.6. The SMILES string of the molecule is CC(C)Oc1ccc(-c2nc3n(c2CN)CCS3)cc1. The Morgan fingerprint density at radius 2 is 2.10 bits per heavy atom. The third kappa shape index (κ3) is 2.43. The molecular formula is C15H19N3OS. The minimum absolute atomic E-state index is 0.188. The number of benzene rings is 1. The number of aromatic nitrogens is 2. The van der Waals surface area contributed by atoms with Crippen LogP contribution < -0.4 is 10.5 Å². The first-order valence-corrected chi connectivity index (χ1v) is 7.87. The van der Waals surface area contributed by atoms with Crippen LogP contribution in [0, 0.1) is 0 Å². The van der Waals surface area contributed by atoms with Crippen molar-refractivity contribution < 1.29 is 4.74 Å². The summed E-state index contributed by atoms with van der Waals surface area (Å²) in [6.45, 7) is 5.58. The second kappa shape index (κ2) is 5.50. The van der Waals surface area contributed by atoms with E-state index in [9.17, 15) is 0 Å². The van der Waals surface area contributed by atoms with Crippen LogP contribution in [0.1, 0.15) is 19.5 Å². The van der Waals surface area contributed by atoms with Gasteiger partial charge >= 0.3 is 0 Å². The summed E-state index contributed by atoms with van der Waals surface area (Å²) in [7, 11) is 0. The number of ether oxygens (including phenoxy) is 1. The van der Waals surface area contributed by atoms with Crippen LogP contribution in [0.3, 0.4) is 0 Å². The number of hydrogen-bond donors (Lipinski definition) is 1. The maximum Gasteiger partial charge on any atom is 0.168 e. The van der Waals surface area contributed by atoms with Crippen molar-refractivity contribution in [2.45, 2.75) is 38.2 Å². The first-order valence-electron chi connectivity index (χ1n) is 6.88. The van der Waals surface area contributed by atoms with Crippen molar-refractivity contribution in [3.05, 3.63) is 30.0 Å². The summed E-state index contributed by atoms with van der Waals surface area (Å²) in [6.07, 6.45) is 0.188. The van der Waals surface area contributed by atoms with Gasteiger partial charge in [0.1, 0.15) is 5.75 Å². The van der Waals surface area contributed by atoms with Gasteiger partial charge in [0.25, 0.3) is 0 Å². The lowest BCUT2D eigenvalue weighted by atomic mass is 10.1. The predicted octanol–water partition coefficient (Wildman–Crippen LogP) is 2.90. The lowest BCUT2D eigenvalue weighted by Crippen LogP contribution is -2.07. The molecule has 0 atom stereocenters.